The predicted molar refractivity (Wildman–Crippen MR) is 82.7 cm³/mol. The lowest BCUT2D eigenvalue weighted by molar-refractivity contribution is -0.384. The van der Waals surface area contributed by atoms with Crippen molar-refractivity contribution >= 4 is 22.4 Å². The van der Waals surface area contributed by atoms with Crippen molar-refractivity contribution in [3.05, 3.63) is 52.5 Å². The van der Waals surface area contributed by atoms with E-state index in [4.69, 9.17) is 11.5 Å². The third kappa shape index (κ3) is 2.15. The molecule has 8 nitrogen and oxygen atoms in total. The maximum atomic E-state index is 11.3. The number of nitrogens with zero attached hydrogens (tertiary/aromatic N) is 4. The van der Waals surface area contributed by atoms with E-state index < -0.39 is 4.92 Å². The van der Waals surface area contributed by atoms with Gasteiger partial charge in [-0.25, -0.2) is 9.97 Å². The lowest BCUT2D eigenvalue weighted by atomic mass is 10.1. The van der Waals surface area contributed by atoms with Crippen molar-refractivity contribution in [3.8, 4) is 5.82 Å². The lowest BCUT2D eigenvalue weighted by Crippen LogP contribution is -2.07. The molecule has 0 amide bonds. The first-order valence-electron chi connectivity index (χ1n) is 6.67. The summed E-state index contributed by atoms with van der Waals surface area (Å²) in [5, 5.41) is 12.3. The van der Waals surface area contributed by atoms with E-state index in [-0.39, 0.29) is 17.3 Å². The molecule has 2 heterocycles. The van der Waals surface area contributed by atoms with E-state index in [9.17, 15) is 10.1 Å². The number of nitrogen functional groups attached to an aromatic ring is 1. The molecule has 0 saturated heterocycles. The lowest BCUT2D eigenvalue weighted by Gasteiger charge is -2.05. The standard InChI is InChI=1S/C14H14N6O2/c15-6-5-9-7-19(11-4-2-1-3-10(9)11)14-12(20(21)22)13(16)17-8-18-14/h1-4,7-8H,5-6,15H2,(H2,16,17,18). The first-order valence-corrected chi connectivity index (χ1v) is 6.67. The number of anilines is 1. The molecule has 0 aliphatic heterocycles. The van der Waals surface area contributed by atoms with Gasteiger partial charge in [0, 0.05) is 11.6 Å². The number of nitrogens with two attached hydrogens (primary N) is 2. The summed E-state index contributed by atoms with van der Waals surface area (Å²) < 4.78 is 1.66. The number of nitro groups is 1. The van der Waals surface area contributed by atoms with Crippen LogP contribution in [-0.4, -0.2) is 26.0 Å². The molecule has 0 unspecified atom stereocenters. The van der Waals surface area contributed by atoms with E-state index in [0.29, 0.717) is 13.0 Å². The molecule has 0 aliphatic rings. The Morgan fingerprint density at radius 3 is 2.77 bits per heavy atom. The van der Waals surface area contributed by atoms with E-state index >= 15 is 0 Å². The molecule has 22 heavy (non-hydrogen) atoms. The van der Waals surface area contributed by atoms with E-state index in [1.54, 1.807) is 4.57 Å². The zero-order valence-electron chi connectivity index (χ0n) is 11.6. The van der Waals surface area contributed by atoms with Gasteiger partial charge in [0.15, 0.2) is 0 Å². The summed E-state index contributed by atoms with van der Waals surface area (Å²) in [5.74, 6) is -0.00914. The van der Waals surface area contributed by atoms with Gasteiger partial charge in [0.2, 0.25) is 11.6 Å². The minimum absolute atomic E-state index is 0.150. The molecule has 0 spiro atoms. The molecule has 0 fully saturated rings. The third-order valence-corrected chi connectivity index (χ3v) is 3.45. The van der Waals surface area contributed by atoms with Crippen molar-refractivity contribution in [2.75, 3.05) is 12.3 Å². The van der Waals surface area contributed by atoms with Gasteiger partial charge in [-0.15, -0.1) is 0 Å². The normalized spacial score (nSPS) is 11.0. The van der Waals surface area contributed by atoms with Crippen LogP contribution < -0.4 is 11.5 Å². The Hall–Kier alpha value is -3.00. The fourth-order valence-corrected chi connectivity index (χ4v) is 2.51. The molecule has 4 N–H and O–H groups in total. The zero-order valence-corrected chi connectivity index (χ0v) is 11.6. The molecule has 0 atom stereocenters. The minimum Gasteiger partial charge on any atom is -0.378 e. The van der Waals surface area contributed by atoms with Crippen LogP contribution in [0.3, 0.4) is 0 Å². The molecule has 2 aromatic heterocycles. The van der Waals surface area contributed by atoms with Crippen molar-refractivity contribution in [2.24, 2.45) is 5.73 Å². The maximum Gasteiger partial charge on any atom is 0.353 e. The average molecular weight is 298 g/mol. The molecule has 0 aliphatic carbocycles. The Morgan fingerprint density at radius 1 is 1.27 bits per heavy atom. The highest BCUT2D eigenvalue weighted by Crippen LogP contribution is 2.30. The van der Waals surface area contributed by atoms with Crippen molar-refractivity contribution < 1.29 is 4.92 Å². The number of para-hydroxylation sites is 1. The molecule has 8 heteroatoms. The number of aromatic nitrogens is 3. The molecule has 3 aromatic rings. The third-order valence-electron chi connectivity index (χ3n) is 3.45. The number of rotatable bonds is 4. The number of fused-ring (bicyclic) bond motifs is 1. The van der Waals surface area contributed by atoms with E-state index in [1.807, 2.05) is 30.5 Å². The largest absolute Gasteiger partial charge is 0.378 e. The topological polar surface area (TPSA) is 126 Å². The Morgan fingerprint density at radius 2 is 2.05 bits per heavy atom. The van der Waals surface area contributed by atoms with Gasteiger partial charge >= 0.3 is 5.69 Å². The van der Waals surface area contributed by atoms with E-state index in [0.717, 1.165) is 16.5 Å². The van der Waals surface area contributed by atoms with Crippen molar-refractivity contribution in [1.29, 1.82) is 0 Å². The summed E-state index contributed by atoms with van der Waals surface area (Å²) in [5.41, 5.74) is 12.8. The summed E-state index contributed by atoms with van der Waals surface area (Å²) in [6.45, 7) is 0.488. The van der Waals surface area contributed by atoms with E-state index in [2.05, 4.69) is 9.97 Å². The van der Waals surface area contributed by atoms with Gasteiger partial charge in [-0.2, -0.15) is 0 Å². The van der Waals surface area contributed by atoms with Crippen LogP contribution in [0.2, 0.25) is 0 Å². The molecule has 0 saturated carbocycles. The Balaban J connectivity index is 2.32. The quantitative estimate of drug-likeness (QED) is 0.554. The van der Waals surface area contributed by atoms with Gasteiger partial charge < -0.3 is 11.5 Å². The van der Waals surface area contributed by atoms with Gasteiger partial charge in [-0.1, -0.05) is 18.2 Å². The summed E-state index contributed by atoms with van der Waals surface area (Å²) in [4.78, 5) is 18.5. The van der Waals surface area contributed by atoms with Crippen molar-refractivity contribution in [3.63, 3.8) is 0 Å². The van der Waals surface area contributed by atoms with Crippen molar-refractivity contribution in [1.82, 2.24) is 14.5 Å². The molecular weight excluding hydrogens is 284 g/mol. The minimum atomic E-state index is -0.567. The number of hydrogen-bond acceptors (Lipinski definition) is 6. The highest BCUT2D eigenvalue weighted by atomic mass is 16.6. The van der Waals surface area contributed by atoms with Crippen LogP contribution in [0, 0.1) is 10.1 Å². The van der Waals surface area contributed by atoms with Crippen LogP contribution in [0.5, 0.6) is 0 Å². The predicted octanol–water partition coefficient (Wildman–Crippen LogP) is 1.41. The average Bonchev–Trinajstić information content (AvgIpc) is 2.86. The fourth-order valence-electron chi connectivity index (χ4n) is 2.51. The first kappa shape index (κ1) is 14.0. The summed E-state index contributed by atoms with van der Waals surface area (Å²) in [6, 6.07) is 7.60. The maximum absolute atomic E-state index is 11.3. The highest BCUT2D eigenvalue weighted by molar-refractivity contribution is 5.86. The molecule has 0 radical (unpaired) electrons. The SMILES string of the molecule is NCCc1cn(-c2ncnc(N)c2[N+](=O)[O-])c2ccccc12. The van der Waals surface area contributed by atoms with Crippen LogP contribution >= 0.6 is 0 Å². The highest BCUT2D eigenvalue weighted by Gasteiger charge is 2.24. The Bertz CT molecular complexity index is 858. The number of hydrogen-bond donors (Lipinski definition) is 2. The van der Waals surface area contributed by atoms with Crippen LogP contribution in [0.15, 0.2) is 36.8 Å². The second-order valence-corrected chi connectivity index (χ2v) is 4.77. The Kier molecular flexibility index (Phi) is 3.43. The van der Waals surface area contributed by atoms with E-state index in [1.165, 1.54) is 6.33 Å². The summed E-state index contributed by atoms with van der Waals surface area (Å²) in [6.07, 6.45) is 3.70. The molecule has 112 valence electrons. The van der Waals surface area contributed by atoms with Crippen LogP contribution in [0.4, 0.5) is 11.5 Å². The van der Waals surface area contributed by atoms with Gasteiger partial charge in [-0.05, 0) is 24.6 Å². The van der Waals surface area contributed by atoms with Crippen LogP contribution in [0.1, 0.15) is 5.56 Å². The Labute approximate surface area is 125 Å². The van der Waals surface area contributed by atoms with Crippen LogP contribution in [-0.2, 0) is 6.42 Å². The molecule has 1 aromatic carbocycles. The second-order valence-electron chi connectivity index (χ2n) is 4.77. The van der Waals surface area contributed by atoms with Crippen LogP contribution in [0.25, 0.3) is 16.7 Å². The summed E-state index contributed by atoms with van der Waals surface area (Å²) >= 11 is 0. The first-order chi connectivity index (χ1) is 10.6. The zero-order chi connectivity index (χ0) is 15.7. The summed E-state index contributed by atoms with van der Waals surface area (Å²) in [7, 11) is 0. The van der Waals surface area contributed by atoms with Gasteiger partial charge in [0.05, 0.1) is 10.4 Å². The number of benzene rings is 1. The van der Waals surface area contributed by atoms with Gasteiger partial charge in [0.1, 0.15) is 6.33 Å². The monoisotopic (exact) mass is 298 g/mol. The van der Waals surface area contributed by atoms with Gasteiger partial charge in [-0.3, -0.25) is 14.7 Å². The molecular formula is C14H14N6O2. The molecule has 3 rings (SSSR count). The molecule has 0 bridgehead atoms. The fraction of sp³-hybridized carbons (Fsp3) is 0.143. The second kappa shape index (κ2) is 5.41. The van der Waals surface area contributed by atoms with Gasteiger partial charge in [0.25, 0.3) is 0 Å². The van der Waals surface area contributed by atoms with Crippen molar-refractivity contribution in [2.45, 2.75) is 6.42 Å². The smallest absolute Gasteiger partial charge is 0.353 e.